The molecule has 0 aromatic heterocycles. The summed E-state index contributed by atoms with van der Waals surface area (Å²) in [6, 6.07) is 0. The van der Waals surface area contributed by atoms with Gasteiger partial charge in [0, 0.05) is 0 Å². The summed E-state index contributed by atoms with van der Waals surface area (Å²) in [7, 11) is 0. The maximum Gasteiger partial charge on any atom is 0.338 e. The van der Waals surface area contributed by atoms with E-state index in [0.717, 1.165) is 0 Å². The van der Waals surface area contributed by atoms with Gasteiger partial charge in [0.05, 0.1) is 25.7 Å². The summed E-state index contributed by atoms with van der Waals surface area (Å²) in [5.41, 5.74) is -0.510. The number of benzene rings is 1. The van der Waals surface area contributed by atoms with Crippen LogP contribution in [0.4, 0.5) is 4.39 Å². The van der Waals surface area contributed by atoms with Crippen LogP contribution in [0.3, 0.4) is 0 Å². The first-order valence-corrected chi connectivity index (χ1v) is 4.63. The number of carbonyl (C=O) groups is 1. The SMILES string of the molecule is O=C(O)c1c(Cl)c(Cl)c(F)c(Cl)c1Cl. The molecule has 76 valence electrons. The third kappa shape index (κ3) is 1.77. The smallest absolute Gasteiger partial charge is 0.338 e. The van der Waals surface area contributed by atoms with Gasteiger partial charge in [0.15, 0.2) is 5.82 Å². The zero-order chi connectivity index (χ0) is 11.0. The number of aromatic carboxylic acids is 1. The number of carboxylic acid groups (broad SMARTS) is 1. The van der Waals surface area contributed by atoms with Gasteiger partial charge in [0.1, 0.15) is 0 Å². The van der Waals surface area contributed by atoms with Crippen molar-refractivity contribution in [3.8, 4) is 0 Å². The molecular formula is C7HCl4FO2. The van der Waals surface area contributed by atoms with Crippen molar-refractivity contribution in [3.05, 3.63) is 31.5 Å². The van der Waals surface area contributed by atoms with E-state index in [1.165, 1.54) is 0 Å². The highest BCUT2D eigenvalue weighted by molar-refractivity contribution is 6.50. The van der Waals surface area contributed by atoms with Crippen molar-refractivity contribution in [2.75, 3.05) is 0 Å². The lowest BCUT2D eigenvalue weighted by Gasteiger charge is -2.07. The minimum absolute atomic E-state index is 0.467. The van der Waals surface area contributed by atoms with Crippen molar-refractivity contribution in [2.45, 2.75) is 0 Å². The van der Waals surface area contributed by atoms with E-state index < -0.39 is 37.4 Å². The Morgan fingerprint density at radius 1 is 1.00 bits per heavy atom. The molecule has 0 amide bonds. The summed E-state index contributed by atoms with van der Waals surface area (Å²) in [5.74, 6) is -2.46. The first-order valence-electron chi connectivity index (χ1n) is 3.12. The number of rotatable bonds is 1. The van der Waals surface area contributed by atoms with Crippen LogP contribution in [0.15, 0.2) is 0 Å². The summed E-state index contributed by atoms with van der Waals surface area (Å²) >= 11 is 21.7. The summed E-state index contributed by atoms with van der Waals surface area (Å²) in [6.07, 6.45) is 0. The largest absolute Gasteiger partial charge is 0.478 e. The van der Waals surface area contributed by atoms with E-state index in [1.807, 2.05) is 0 Å². The minimum Gasteiger partial charge on any atom is -0.478 e. The first kappa shape index (κ1) is 11.9. The molecule has 0 aliphatic heterocycles. The molecule has 2 nitrogen and oxygen atoms in total. The molecule has 0 heterocycles. The maximum absolute atomic E-state index is 13.1. The van der Waals surface area contributed by atoms with Gasteiger partial charge in [-0.05, 0) is 0 Å². The van der Waals surface area contributed by atoms with Crippen molar-refractivity contribution in [1.29, 1.82) is 0 Å². The van der Waals surface area contributed by atoms with E-state index in [0.29, 0.717) is 0 Å². The van der Waals surface area contributed by atoms with Gasteiger partial charge in [-0.1, -0.05) is 46.4 Å². The fourth-order valence-electron chi connectivity index (χ4n) is 0.793. The van der Waals surface area contributed by atoms with E-state index in [-0.39, 0.29) is 0 Å². The third-order valence-corrected chi connectivity index (χ3v) is 3.08. The van der Waals surface area contributed by atoms with Crippen molar-refractivity contribution < 1.29 is 14.3 Å². The lowest BCUT2D eigenvalue weighted by atomic mass is 10.2. The monoisotopic (exact) mass is 276 g/mol. The molecule has 0 saturated carbocycles. The second kappa shape index (κ2) is 4.11. The molecule has 0 unspecified atom stereocenters. The fourth-order valence-corrected chi connectivity index (χ4v) is 1.78. The van der Waals surface area contributed by atoms with Crippen LogP contribution in [0.25, 0.3) is 0 Å². The van der Waals surface area contributed by atoms with Gasteiger partial charge < -0.3 is 5.11 Å². The molecule has 14 heavy (non-hydrogen) atoms. The maximum atomic E-state index is 13.1. The first-order chi connectivity index (χ1) is 6.37. The van der Waals surface area contributed by atoms with Gasteiger partial charge >= 0.3 is 5.97 Å². The van der Waals surface area contributed by atoms with Crippen LogP contribution >= 0.6 is 46.4 Å². The molecule has 1 aromatic rings. The molecule has 0 aliphatic rings. The number of halogens is 5. The molecule has 0 bridgehead atoms. The average molecular weight is 278 g/mol. The van der Waals surface area contributed by atoms with Gasteiger partial charge in [0.25, 0.3) is 0 Å². The number of hydrogen-bond donors (Lipinski definition) is 1. The van der Waals surface area contributed by atoms with Crippen LogP contribution in [-0.4, -0.2) is 11.1 Å². The standard InChI is InChI=1S/C7HCl4FO2/c8-2-1(7(13)14)3(9)5(11)6(12)4(2)10/h(H,13,14). The minimum atomic E-state index is -1.43. The van der Waals surface area contributed by atoms with Crippen LogP contribution in [0, 0.1) is 5.82 Å². The predicted octanol–water partition coefficient (Wildman–Crippen LogP) is 4.14. The van der Waals surface area contributed by atoms with E-state index in [9.17, 15) is 9.18 Å². The molecule has 0 aliphatic carbocycles. The van der Waals surface area contributed by atoms with E-state index in [1.54, 1.807) is 0 Å². The van der Waals surface area contributed by atoms with Gasteiger partial charge in [-0.3, -0.25) is 0 Å². The lowest BCUT2D eigenvalue weighted by molar-refractivity contribution is 0.0697. The molecule has 0 spiro atoms. The van der Waals surface area contributed by atoms with Crippen molar-refractivity contribution in [2.24, 2.45) is 0 Å². The molecule has 0 fully saturated rings. The summed E-state index contributed by atoms with van der Waals surface area (Å²) < 4.78 is 13.1. The topological polar surface area (TPSA) is 37.3 Å². The zero-order valence-electron chi connectivity index (χ0n) is 6.25. The average Bonchev–Trinajstić information content (AvgIpc) is 2.11. The second-order valence-corrected chi connectivity index (χ2v) is 3.76. The van der Waals surface area contributed by atoms with Gasteiger partial charge in [-0.15, -0.1) is 0 Å². The fraction of sp³-hybridized carbons (Fsp3) is 0. The molecular weight excluding hydrogens is 277 g/mol. The summed E-state index contributed by atoms with van der Waals surface area (Å²) in [6.45, 7) is 0. The zero-order valence-corrected chi connectivity index (χ0v) is 9.27. The Hall–Kier alpha value is -0.220. The highest BCUT2D eigenvalue weighted by Gasteiger charge is 2.24. The molecule has 0 saturated heterocycles. The molecule has 0 atom stereocenters. The molecule has 0 radical (unpaired) electrons. The quantitative estimate of drug-likeness (QED) is 0.619. The molecule has 1 N–H and O–H groups in total. The van der Waals surface area contributed by atoms with E-state index in [4.69, 9.17) is 51.5 Å². The van der Waals surface area contributed by atoms with Crippen molar-refractivity contribution in [3.63, 3.8) is 0 Å². The Labute approximate surface area is 98.1 Å². The van der Waals surface area contributed by atoms with Crippen LogP contribution in [0.1, 0.15) is 10.4 Å². The Morgan fingerprint density at radius 2 is 1.36 bits per heavy atom. The van der Waals surface area contributed by atoms with Crippen molar-refractivity contribution in [1.82, 2.24) is 0 Å². The number of hydrogen-bond acceptors (Lipinski definition) is 1. The van der Waals surface area contributed by atoms with E-state index in [2.05, 4.69) is 0 Å². The summed E-state index contributed by atoms with van der Waals surface area (Å²) in [5, 5.41) is 6.63. The van der Waals surface area contributed by atoms with E-state index >= 15 is 0 Å². The van der Waals surface area contributed by atoms with Crippen LogP contribution in [-0.2, 0) is 0 Å². The Bertz CT molecular complexity index is 390. The van der Waals surface area contributed by atoms with Gasteiger partial charge in [0.2, 0.25) is 0 Å². The van der Waals surface area contributed by atoms with Gasteiger partial charge in [-0.2, -0.15) is 0 Å². The predicted molar refractivity (Wildman–Crippen MR) is 53.4 cm³/mol. The van der Waals surface area contributed by atoms with Crippen molar-refractivity contribution >= 4 is 52.4 Å². The van der Waals surface area contributed by atoms with Crippen LogP contribution < -0.4 is 0 Å². The Balaban J connectivity index is 3.68. The number of carboxylic acids is 1. The third-order valence-electron chi connectivity index (χ3n) is 1.42. The summed E-state index contributed by atoms with van der Waals surface area (Å²) in [4.78, 5) is 10.6. The highest BCUT2D eigenvalue weighted by atomic mass is 35.5. The highest BCUT2D eigenvalue weighted by Crippen LogP contribution is 2.39. The Kier molecular flexibility index (Phi) is 3.48. The Morgan fingerprint density at radius 3 is 1.64 bits per heavy atom. The second-order valence-electron chi connectivity index (χ2n) is 2.25. The molecule has 7 heteroatoms. The normalized spacial score (nSPS) is 10.4. The van der Waals surface area contributed by atoms with Gasteiger partial charge in [-0.25, -0.2) is 9.18 Å². The molecule has 1 rings (SSSR count). The van der Waals surface area contributed by atoms with Crippen LogP contribution in [0.5, 0.6) is 0 Å². The lowest BCUT2D eigenvalue weighted by Crippen LogP contribution is -2.01. The molecule has 1 aromatic carbocycles. The van der Waals surface area contributed by atoms with Crippen LogP contribution in [0.2, 0.25) is 20.1 Å².